The zero-order chi connectivity index (χ0) is 13.4. The van der Waals surface area contributed by atoms with Gasteiger partial charge in [0.25, 0.3) is 0 Å². The Morgan fingerprint density at radius 3 is 2.21 bits per heavy atom. The van der Waals surface area contributed by atoms with Gasteiger partial charge in [0, 0.05) is 30.6 Å². The molecule has 3 rings (SSSR count). The molecule has 1 aliphatic heterocycles. The van der Waals surface area contributed by atoms with Gasteiger partial charge in [0.2, 0.25) is 0 Å². The molecule has 1 aliphatic carbocycles. The first-order valence-corrected chi connectivity index (χ1v) is 6.71. The lowest BCUT2D eigenvalue weighted by Crippen LogP contribution is -2.52. The fourth-order valence-corrected chi connectivity index (χ4v) is 3.34. The summed E-state index contributed by atoms with van der Waals surface area (Å²) in [5, 5.41) is 9.14. The highest BCUT2D eigenvalue weighted by molar-refractivity contribution is 5.88. The highest BCUT2D eigenvalue weighted by Gasteiger charge is 2.43. The Morgan fingerprint density at radius 1 is 1.11 bits per heavy atom. The number of aliphatic carboxylic acids is 1. The summed E-state index contributed by atoms with van der Waals surface area (Å²) < 4.78 is 0. The van der Waals surface area contributed by atoms with E-state index in [4.69, 9.17) is 5.11 Å². The number of carbonyl (C=O) groups is 2. The maximum Gasteiger partial charge on any atom is 0.306 e. The number of hydrogen-bond acceptors (Lipinski definition) is 3. The Bertz CT molecular complexity index is 481. The number of carboxylic acid groups (broad SMARTS) is 1. The first-order valence-electron chi connectivity index (χ1n) is 6.71. The molecule has 4 heteroatoms. The van der Waals surface area contributed by atoms with Gasteiger partial charge < -0.3 is 10.0 Å². The smallest absolute Gasteiger partial charge is 0.306 e. The van der Waals surface area contributed by atoms with Crippen molar-refractivity contribution in [2.45, 2.75) is 12.8 Å². The predicted octanol–water partition coefficient (Wildman–Crippen LogP) is 1.80. The van der Waals surface area contributed by atoms with Crippen molar-refractivity contribution in [2.24, 2.45) is 17.8 Å². The van der Waals surface area contributed by atoms with E-state index < -0.39 is 5.97 Å². The van der Waals surface area contributed by atoms with Gasteiger partial charge in [-0.2, -0.15) is 0 Å². The molecule has 0 aromatic heterocycles. The lowest BCUT2D eigenvalue weighted by molar-refractivity contribution is -0.146. The predicted molar refractivity (Wildman–Crippen MR) is 71.0 cm³/mol. The second-order valence-corrected chi connectivity index (χ2v) is 5.54. The van der Waals surface area contributed by atoms with Crippen LogP contribution in [0.5, 0.6) is 0 Å². The molecule has 0 amide bonds. The summed E-state index contributed by atoms with van der Waals surface area (Å²) in [6.45, 7) is 1.31. The third-order valence-electron chi connectivity index (χ3n) is 4.29. The number of nitrogens with zero attached hydrogens (tertiary/aromatic N) is 1. The molecule has 1 aromatic rings. The number of hydrogen-bond donors (Lipinski definition) is 1. The van der Waals surface area contributed by atoms with Crippen LogP contribution in [-0.4, -0.2) is 29.9 Å². The van der Waals surface area contributed by atoms with E-state index in [9.17, 15) is 9.59 Å². The standard InChI is InChI=1S/C15H17NO3/c17-14-11-6-10(15(18)19)7-12(14)9-16(8-11)13-4-2-1-3-5-13/h1-5,10-12H,6-9H2,(H,18,19). The largest absolute Gasteiger partial charge is 0.481 e. The van der Waals surface area contributed by atoms with Gasteiger partial charge in [0.1, 0.15) is 5.78 Å². The average molecular weight is 259 g/mol. The Morgan fingerprint density at radius 2 is 1.68 bits per heavy atom. The van der Waals surface area contributed by atoms with Crippen LogP contribution < -0.4 is 4.90 Å². The number of rotatable bonds is 2. The molecule has 0 radical (unpaired) electrons. The molecule has 2 unspecified atom stereocenters. The lowest BCUT2D eigenvalue weighted by atomic mass is 9.71. The van der Waals surface area contributed by atoms with Crippen LogP contribution in [0.4, 0.5) is 5.69 Å². The average Bonchev–Trinajstić information content (AvgIpc) is 2.39. The van der Waals surface area contributed by atoms with Crippen LogP contribution in [0.15, 0.2) is 30.3 Å². The molecular formula is C15H17NO3. The zero-order valence-electron chi connectivity index (χ0n) is 10.7. The number of anilines is 1. The number of para-hydroxylation sites is 1. The van der Waals surface area contributed by atoms with Crippen molar-refractivity contribution in [1.82, 2.24) is 0 Å². The van der Waals surface area contributed by atoms with Crippen molar-refractivity contribution in [1.29, 1.82) is 0 Å². The highest BCUT2D eigenvalue weighted by atomic mass is 16.4. The summed E-state index contributed by atoms with van der Waals surface area (Å²) in [4.78, 5) is 25.5. The molecule has 2 atom stereocenters. The van der Waals surface area contributed by atoms with Crippen molar-refractivity contribution in [3.63, 3.8) is 0 Å². The van der Waals surface area contributed by atoms with Gasteiger partial charge in [-0.05, 0) is 25.0 Å². The van der Waals surface area contributed by atoms with Crippen LogP contribution in [0.1, 0.15) is 12.8 Å². The van der Waals surface area contributed by atoms with E-state index >= 15 is 0 Å². The van der Waals surface area contributed by atoms with Crippen LogP contribution in [0.3, 0.4) is 0 Å². The molecule has 4 nitrogen and oxygen atoms in total. The summed E-state index contributed by atoms with van der Waals surface area (Å²) in [5.41, 5.74) is 1.12. The van der Waals surface area contributed by atoms with Crippen molar-refractivity contribution < 1.29 is 14.7 Å². The number of fused-ring (bicyclic) bond motifs is 2. The van der Waals surface area contributed by atoms with Crippen molar-refractivity contribution in [3.8, 4) is 0 Å². The van der Waals surface area contributed by atoms with E-state index in [1.165, 1.54) is 0 Å². The number of Topliss-reactive ketones (excluding diaryl/α,β-unsaturated/α-hetero) is 1. The maximum atomic E-state index is 12.1. The SMILES string of the molecule is O=C(O)C1CC2CN(c3ccccc3)CC(C1)C2=O. The Balaban J connectivity index is 1.80. The Labute approximate surface area is 112 Å². The van der Waals surface area contributed by atoms with Gasteiger partial charge in [-0.3, -0.25) is 9.59 Å². The van der Waals surface area contributed by atoms with Gasteiger partial charge in [0.15, 0.2) is 0 Å². The molecule has 19 heavy (non-hydrogen) atoms. The van der Waals surface area contributed by atoms with Crippen LogP contribution in [-0.2, 0) is 9.59 Å². The molecule has 1 aromatic carbocycles. The summed E-state index contributed by atoms with van der Waals surface area (Å²) >= 11 is 0. The molecule has 100 valence electrons. The van der Waals surface area contributed by atoms with E-state index in [1.807, 2.05) is 30.3 Å². The Hall–Kier alpha value is -1.84. The van der Waals surface area contributed by atoms with Crippen LogP contribution >= 0.6 is 0 Å². The molecule has 2 fully saturated rings. The molecule has 1 N–H and O–H groups in total. The number of benzene rings is 1. The number of carboxylic acids is 1. The minimum atomic E-state index is -0.754. The van der Waals surface area contributed by atoms with Gasteiger partial charge in [-0.1, -0.05) is 18.2 Å². The van der Waals surface area contributed by atoms with E-state index in [0.717, 1.165) is 5.69 Å². The van der Waals surface area contributed by atoms with Crippen molar-refractivity contribution in [2.75, 3.05) is 18.0 Å². The van der Waals surface area contributed by atoms with Gasteiger partial charge in [-0.25, -0.2) is 0 Å². The van der Waals surface area contributed by atoms with E-state index in [-0.39, 0.29) is 23.5 Å². The summed E-state index contributed by atoms with van der Waals surface area (Å²) in [6, 6.07) is 10.0. The second-order valence-electron chi connectivity index (χ2n) is 5.54. The number of piperidine rings is 1. The van der Waals surface area contributed by atoms with Crippen molar-refractivity contribution in [3.05, 3.63) is 30.3 Å². The molecule has 1 heterocycles. The molecule has 0 spiro atoms. The minimum Gasteiger partial charge on any atom is -0.481 e. The van der Waals surface area contributed by atoms with E-state index in [2.05, 4.69) is 4.90 Å². The van der Waals surface area contributed by atoms with Crippen molar-refractivity contribution >= 4 is 17.4 Å². The molecule has 1 saturated heterocycles. The number of ketones is 1. The first-order chi connectivity index (χ1) is 9.15. The highest BCUT2D eigenvalue weighted by Crippen LogP contribution is 2.37. The summed E-state index contributed by atoms with van der Waals surface area (Å²) in [7, 11) is 0. The fraction of sp³-hybridized carbons (Fsp3) is 0.467. The minimum absolute atomic E-state index is 0.117. The third-order valence-corrected chi connectivity index (χ3v) is 4.29. The second kappa shape index (κ2) is 4.68. The van der Waals surface area contributed by atoms with Gasteiger partial charge in [0.05, 0.1) is 5.92 Å². The van der Waals surface area contributed by atoms with Crippen LogP contribution in [0.2, 0.25) is 0 Å². The molecule has 1 saturated carbocycles. The normalized spacial score (nSPS) is 30.2. The summed E-state index contributed by atoms with van der Waals surface area (Å²) in [5.74, 6) is -1.06. The van der Waals surface area contributed by atoms with Crippen LogP contribution in [0.25, 0.3) is 0 Å². The molecule has 2 aliphatic rings. The monoisotopic (exact) mass is 259 g/mol. The third kappa shape index (κ3) is 2.23. The quantitative estimate of drug-likeness (QED) is 0.880. The first kappa shape index (κ1) is 12.2. The Kier molecular flexibility index (Phi) is 3.01. The molecule has 2 bridgehead atoms. The van der Waals surface area contributed by atoms with E-state index in [1.54, 1.807) is 0 Å². The zero-order valence-corrected chi connectivity index (χ0v) is 10.7. The molecular weight excluding hydrogens is 242 g/mol. The summed E-state index contributed by atoms with van der Waals surface area (Å²) in [6.07, 6.45) is 0.988. The van der Waals surface area contributed by atoms with Gasteiger partial charge >= 0.3 is 5.97 Å². The number of carbonyl (C=O) groups excluding carboxylic acids is 1. The van der Waals surface area contributed by atoms with Gasteiger partial charge in [-0.15, -0.1) is 0 Å². The maximum absolute atomic E-state index is 12.1. The van der Waals surface area contributed by atoms with Crippen LogP contribution in [0, 0.1) is 17.8 Å². The fourth-order valence-electron chi connectivity index (χ4n) is 3.34. The van der Waals surface area contributed by atoms with E-state index in [0.29, 0.717) is 25.9 Å². The lowest BCUT2D eigenvalue weighted by Gasteiger charge is -2.43. The topological polar surface area (TPSA) is 57.6 Å².